The molecule has 0 saturated heterocycles. The minimum atomic E-state index is -0.292. The van der Waals surface area contributed by atoms with Crippen molar-refractivity contribution in [2.45, 2.75) is 122 Å². The van der Waals surface area contributed by atoms with Crippen LogP contribution in [-0.4, -0.2) is 6.71 Å². The van der Waals surface area contributed by atoms with Gasteiger partial charge in [-0.25, -0.2) is 0 Å². The molecular formula is C61H63BN2. The Balaban J connectivity index is 1.27. The van der Waals surface area contributed by atoms with Crippen molar-refractivity contribution in [2.24, 2.45) is 0 Å². The van der Waals surface area contributed by atoms with Crippen molar-refractivity contribution in [3.05, 3.63) is 185 Å². The summed E-state index contributed by atoms with van der Waals surface area (Å²) >= 11 is 0. The fourth-order valence-corrected chi connectivity index (χ4v) is 12.3. The monoisotopic (exact) mass is 835 g/mol. The lowest BCUT2D eigenvalue weighted by Crippen LogP contribution is -2.64. The van der Waals surface area contributed by atoms with Gasteiger partial charge in [-0.3, -0.25) is 0 Å². The molecule has 0 amide bonds. The molecule has 0 fully saturated rings. The van der Waals surface area contributed by atoms with Crippen LogP contribution in [0.3, 0.4) is 0 Å². The lowest BCUT2D eigenvalue weighted by molar-refractivity contribution is 0.331. The first-order valence-electron chi connectivity index (χ1n) is 23.9. The maximum atomic E-state index is 2.69. The molecular weight excluding hydrogens is 771 g/mol. The van der Waals surface area contributed by atoms with E-state index in [0.29, 0.717) is 0 Å². The van der Waals surface area contributed by atoms with Crippen LogP contribution in [0.4, 0.5) is 34.1 Å². The molecule has 11 rings (SSSR count). The zero-order chi connectivity index (χ0) is 44.6. The third kappa shape index (κ3) is 6.20. The predicted octanol–water partition coefficient (Wildman–Crippen LogP) is 14.5. The molecule has 0 atom stereocenters. The van der Waals surface area contributed by atoms with Crippen molar-refractivity contribution in [1.29, 1.82) is 0 Å². The fraction of sp³-hybridized carbons (Fsp3) is 0.311. The van der Waals surface area contributed by atoms with Gasteiger partial charge >= 0.3 is 0 Å². The Morgan fingerprint density at radius 2 is 0.922 bits per heavy atom. The van der Waals surface area contributed by atoms with Crippen LogP contribution in [-0.2, 0) is 27.1 Å². The zero-order valence-corrected chi connectivity index (χ0v) is 39.7. The highest BCUT2D eigenvalue weighted by Gasteiger charge is 2.49. The first-order valence-corrected chi connectivity index (χ1v) is 23.9. The SMILES string of the molecule is CC1(C)CCC(C)(C)c2cc(N3c4ccc(-c5ccccc5)cc4B4c5cc6c(cc5C(C)(C)c5cc(N(c7ccccc7)c7ccccc7)cc3c54)C(C)(C)CCC6(C)C)ccc21. The van der Waals surface area contributed by atoms with E-state index in [1.54, 1.807) is 0 Å². The molecule has 2 aliphatic heterocycles. The zero-order valence-electron chi connectivity index (χ0n) is 39.7. The number of anilines is 6. The number of benzene rings is 7. The molecule has 2 aliphatic carbocycles. The molecule has 0 N–H and O–H groups in total. The summed E-state index contributed by atoms with van der Waals surface area (Å²) in [5.41, 5.74) is 23.0. The van der Waals surface area contributed by atoms with Gasteiger partial charge in [-0.1, -0.05) is 172 Å². The van der Waals surface area contributed by atoms with E-state index in [2.05, 4.69) is 231 Å². The summed E-state index contributed by atoms with van der Waals surface area (Å²) in [4.78, 5) is 5.13. The average molecular weight is 835 g/mol. The second-order valence-electron chi connectivity index (χ2n) is 22.7. The molecule has 2 heterocycles. The van der Waals surface area contributed by atoms with Gasteiger partial charge in [0.1, 0.15) is 0 Å². The van der Waals surface area contributed by atoms with E-state index in [-0.39, 0.29) is 33.8 Å². The van der Waals surface area contributed by atoms with E-state index in [1.165, 1.54) is 109 Å². The molecule has 320 valence electrons. The molecule has 2 nitrogen and oxygen atoms in total. The number of hydrogen-bond donors (Lipinski definition) is 0. The molecule has 64 heavy (non-hydrogen) atoms. The number of para-hydroxylation sites is 2. The molecule has 7 aromatic carbocycles. The van der Waals surface area contributed by atoms with Crippen molar-refractivity contribution in [2.75, 3.05) is 9.80 Å². The van der Waals surface area contributed by atoms with Crippen LogP contribution in [0.25, 0.3) is 11.1 Å². The summed E-state index contributed by atoms with van der Waals surface area (Å²) in [7, 11) is 0. The highest BCUT2D eigenvalue weighted by Crippen LogP contribution is 2.53. The lowest BCUT2D eigenvalue weighted by atomic mass is 9.29. The fourth-order valence-electron chi connectivity index (χ4n) is 12.3. The normalized spacial score (nSPS) is 18.8. The number of hydrogen-bond acceptors (Lipinski definition) is 2. The Bertz CT molecular complexity index is 2930. The van der Waals surface area contributed by atoms with Crippen LogP contribution in [0.2, 0.25) is 0 Å². The minimum Gasteiger partial charge on any atom is -0.311 e. The molecule has 0 aromatic heterocycles. The van der Waals surface area contributed by atoms with E-state index in [0.717, 1.165) is 11.4 Å². The van der Waals surface area contributed by atoms with E-state index >= 15 is 0 Å². The van der Waals surface area contributed by atoms with Crippen LogP contribution in [0.5, 0.6) is 0 Å². The summed E-state index contributed by atoms with van der Waals surface area (Å²) in [5.74, 6) is 0. The number of rotatable bonds is 5. The van der Waals surface area contributed by atoms with Crippen LogP contribution >= 0.6 is 0 Å². The topological polar surface area (TPSA) is 6.48 Å². The maximum Gasteiger partial charge on any atom is 0.247 e. The van der Waals surface area contributed by atoms with Gasteiger partial charge in [0.2, 0.25) is 6.71 Å². The quantitative estimate of drug-likeness (QED) is 0.159. The highest BCUT2D eigenvalue weighted by atomic mass is 15.2. The third-order valence-corrected chi connectivity index (χ3v) is 16.4. The summed E-state index contributed by atoms with van der Waals surface area (Å²) in [6.45, 7) is 24.8. The smallest absolute Gasteiger partial charge is 0.247 e. The Kier molecular flexibility index (Phi) is 9.02. The third-order valence-electron chi connectivity index (χ3n) is 16.4. The van der Waals surface area contributed by atoms with Crippen molar-refractivity contribution in [3.8, 4) is 11.1 Å². The maximum absolute atomic E-state index is 2.69. The summed E-state index contributed by atoms with van der Waals surface area (Å²) in [5, 5.41) is 0. The second-order valence-corrected chi connectivity index (χ2v) is 22.7. The number of nitrogens with zero attached hydrogens (tertiary/aromatic N) is 2. The first-order chi connectivity index (χ1) is 30.5. The Morgan fingerprint density at radius 1 is 0.391 bits per heavy atom. The van der Waals surface area contributed by atoms with Crippen molar-refractivity contribution in [1.82, 2.24) is 0 Å². The molecule has 0 bridgehead atoms. The van der Waals surface area contributed by atoms with E-state index in [9.17, 15) is 0 Å². The number of fused-ring (bicyclic) bond motifs is 6. The first kappa shape index (κ1) is 40.9. The molecule has 4 aliphatic rings. The van der Waals surface area contributed by atoms with Gasteiger partial charge in [0.05, 0.1) is 0 Å². The minimum absolute atomic E-state index is 0.0537. The van der Waals surface area contributed by atoms with Gasteiger partial charge in [0.15, 0.2) is 0 Å². The van der Waals surface area contributed by atoms with Crippen LogP contribution in [0.15, 0.2) is 152 Å². The van der Waals surface area contributed by atoms with Crippen molar-refractivity contribution < 1.29 is 0 Å². The van der Waals surface area contributed by atoms with Gasteiger partial charge in [-0.2, -0.15) is 0 Å². The van der Waals surface area contributed by atoms with Gasteiger partial charge in [-0.15, -0.1) is 0 Å². The molecule has 3 heteroatoms. The average Bonchev–Trinajstić information content (AvgIpc) is 3.28. The molecule has 0 unspecified atom stereocenters. The van der Waals surface area contributed by atoms with E-state index in [1.807, 2.05) is 0 Å². The van der Waals surface area contributed by atoms with Crippen LogP contribution < -0.4 is 26.2 Å². The Labute approximate surface area is 383 Å². The van der Waals surface area contributed by atoms with Gasteiger partial charge in [0.25, 0.3) is 0 Å². The van der Waals surface area contributed by atoms with Crippen molar-refractivity contribution >= 4 is 57.2 Å². The van der Waals surface area contributed by atoms with Gasteiger partial charge < -0.3 is 9.80 Å². The Hall–Kier alpha value is -5.80. The summed E-state index contributed by atoms with van der Waals surface area (Å²) in [6, 6.07) is 58.2. The van der Waals surface area contributed by atoms with E-state index in [4.69, 9.17) is 0 Å². The van der Waals surface area contributed by atoms with Gasteiger partial charge in [-0.05, 0) is 157 Å². The predicted molar refractivity (Wildman–Crippen MR) is 275 cm³/mol. The Morgan fingerprint density at radius 3 is 1.52 bits per heavy atom. The standard InChI is InChI=1S/C61H63BN2/c1-57(2)30-31-58(3,4)47-35-44(27-28-46(47)57)64-54-29-26-41(40-20-14-11-15-21-40)34-53(54)62-52-39-49-48(59(5,6)32-33-60(49,7)8)38-50(52)61(9,10)51-36-45(37-55(64)56(51)62)63(42-22-16-12-17-23-42)43-24-18-13-19-25-43/h11-29,34-39H,30-33H2,1-10H3. The van der Waals surface area contributed by atoms with Crippen LogP contribution in [0.1, 0.15) is 128 Å². The van der Waals surface area contributed by atoms with Crippen molar-refractivity contribution in [3.63, 3.8) is 0 Å². The summed E-state index contributed by atoms with van der Waals surface area (Å²) in [6.07, 6.45) is 4.75. The largest absolute Gasteiger partial charge is 0.311 e. The molecule has 0 spiro atoms. The highest BCUT2D eigenvalue weighted by molar-refractivity contribution is 6.99. The van der Waals surface area contributed by atoms with E-state index < -0.39 is 0 Å². The molecule has 0 radical (unpaired) electrons. The molecule has 7 aromatic rings. The van der Waals surface area contributed by atoms with Gasteiger partial charge in [0, 0.05) is 39.5 Å². The second kappa shape index (κ2) is 14.1. The lowest BCUT2D eigenvalue weighted by Gasteiger charge is -2.49. The van der Waals surface area contributed by atoms with Crippen LogP contribution in [0, 0.1) is 0 Å². The summed E-state index contributed by atoms with van der Waals surface area (Å²) < 4.78 is 0. The molecule has 0 saturated carbocycles.